The fourth-order valence-corrected chi connectivity index (χ4v) is 5.88. The van der Waals surface area contributed by atoms with E-state index in [9.17, 15) is 0 Å². The highest BCUT2D eigenvalue weighted by Gasteiger charge is 2.25. The first kappa shape index (κ1) is 32.9. The molecule has 6 heteroatoms. The van der Waals surface area contributed by atoms with E-state index in [4.69, 9.17) is 0 Å². The van der Waals surface area contributed by atoms with Gasteiger partial charge in [0, 0.05) is 48.2 Å². The Morgan fingerprint density at radius 2 is 1.16 bits per heavy atom. The van der Waals surface area contributed by atoms with Crippen LogP contribution in [0.2, 0.25) is 0 Å². The molecule has 38 heavy (non-hydrogen) atoms. The number of likely N-dealkylation sites (tertiary alicyclic amines) is 2. The monoisotopic (exact) mass is 646 g/mol. The minimum atomic E-state index is 0. The van der Waals surface area contributed by atoms with Crippen molar-refractivity contribution in [2.75, 3.05) is 27.2 Å². The number of hydrogen-bond donors (Lipinski definition) is 0. The molecule has 210 valence electrons. The van der Waals surface area contributed by atoms with E-state index in [-0.39, 0.29) is 34.0 Å². The Morgan fingerprint density at radius 3 is 1.55 bits per heavy atom. The lowest BCUT2D eigenvalue weighted by Gasteiger charge is -2.18. The number of nitrogens with zero attached hydrogens (tertiary/aromatic N) is 4. The van der Waals surface area contributed by atoms with Crippen molar-refractivity contribution in [1.82, 2.24) is 9.80 Å². The predicted octanol–water partition coefficient (Wildman–Crippen LogP) is -0.0438. The van der Waals surface area contributed by atoms with Crippen LogP contribution in [0.1, 0.15) is 87.4 Å². The van der Waals surface area contributed by atoms with E-state index in [1.807, 2.05) is 0 Å². The summed E-state index contributed by atoms with van der Waals surface area (Å²) in [5, 5.41) is 0. The molecule has 0 aromatic carbocycles. The summed E-state index contributed by atoms with van der Waals surface area (Å²) in [6, 6.07) is 10.3. The molecule has 0 radical (unpaired) electrons. The number of halogens is 2. The van der Waals surface area contributed by atoms with Gasteiger partial charge in [0.15, 0.2) is 24.8 Å². The molecule has 0 unspecified atom stereocenters. The van der Waals surface area contributed by atoms with Crippen LogP contribution in [-0.4, -0.2) is 37.0 Å². The molecule has 2 atom stereocenters. The van der Waals surface area contributed by atoms with Gasteiger partial charge in [-0.05, 0) is 90.7 Å². The fraction of sp³-hybridized carbons (Fsp3) is 0.562. The number of aryl methyl sites for hydroxylation is 2. The molecule has 4 nitrogen and oxygen atoms in total. The van der Waals surface area contributed by atoms with Gasteiger partial charge in [-0.15, -0.1) is 0 Å². The molecule has 0 bridgehead atoms. The average Bonchev–Trinajstić information content (AvgIpc) is 3.53. The van der Waals surface area contributed by atoms with Crippen molar-refractivity contribution in [2.45, 2.75) is 89.4 Å². The first-order chi connectivity index (χ1) is 17.7. The maximum atomic E-state index is 2.49. The summed E-state index contributed by atoms with van der Waals surface area (Å²) >= 11 is 0. The molecule has 0 N–H and O–H groups in total. The number of hydrogen-bond acceptors (Lipinski definition) is 2. The maximum Gasteiger partial charge on any atom is 0.173 e. The van der Waals surface area contributed by atoms with Crippen molar-refractivity contribution < 1.29 is 43.1 Å². The molecule has 2 aliphatic rings. The van der Waals surface area contributed by atoms with E-state index in [2.05, 4.69) is 106 Å². The van der Waals surface area contributed by atoms with E-state index < -0.39 is 0 Å². The van der Waals surface area contributed by atoms with E-state index in [0.29, 0.717) is 12.1 Å². The first-order valence-electron chi connectivity index (χ1n) is 14.4. The third-order valence-electron chi connectivity index (χ3n) is 8.03. The van der Waals surface area contributed by atoms with Crippen LogP contribution < -0.4 is 43.1 Å². The first-order valence-corrected chi connectivity index (χ1v) is 14.4. The van der Waals surface area contributed by atoms with Gasteiger partial charge in [-0.25, -0.2) is 9.13 Å². The Hall–Kier alpha value is -1.34. The topological polar surface area (TPSA) is 14.2 Å². The van der Waals surface area contributed by atoms with Crippen LogP contribution in [0.5, 0.6) is 0 Å². The zero-order chi connectivity index (χ0) is 25.0. The van der Waals surface area contributed by atoms with Crippen LogP contribution in [0.15, 0.2) is 73.4 Å². The van der Waals surface area contributed by atoms with Gasteiger partial charge in [-0.3, -0.25) is 9.80 Å². The van der Waals surface area contributed by atoms with E-state index >= 15 is 0 Å². The lowest BCUT2D eigenvalue weighted by atomic mass is 10.1. The van der Waals surface area contributed by atoms with Gasteiger partial charge in [0.1, 0.15) is 13.1 Å². The number of unbranched alkanes of at least 4 members (excludes halogenated alkanes) is 4. The fourth-order valence-electron chi connectivity index (χ4n) is 5.88. The van der Waals surface area contributed by atoms with Gasteiger partial charge in [0.2, 0.25) is 0 Å². The van der Waals surface area contributed by atoms with Crippen LogP contribution >= 0.6 is 0 Å². The van der Waals surface area contributed by atoms with Gasteiger partial charge in [-0.2, -0.15) is 0 Å². The molecule has 2 aromatic rings. The van der Waals surface area contributed by atoms with Crippen molar-refractivity contribution >= 4 is 0 Å². The summed E-state index contributed by atoms with van der Waals surface area (Å²) < 4.78 is 4.76. The maximum absolute atomic E-state index is 2.49. The van der Waals surface area contributed by atoms with Crippen LogP contribution in [0.3, 0.4) is 0 Å². The summed E-state index contributed by atoms with van der Waals surface area (Å²) in [6.45, 7) is 4.69. The van der Waals surface area contributed by atoms with Gasteiger partial charge in [-0.1, -0.05) is 24.3 Å². The second-order valence-electron chi connectivity index (χ2n) is 10.9. The molecule has 4 rings (SSSR count). The molecule has 2 fully saturated rings. The Kier molecular flexibility index (Phi) is 15.6. The molecule has 0 aliphatic carbocycles. The highest BCUT2D eigenvalue weighted by molar-refractivity contribution is 5.13. The standard InChI is InChI=1S/C32H48N4.2BrH/c1-33-21-15-19-31(33)29-17-13-25-35(27-29)23-11-9-7-5-3-4-6-8-10-12-24-36-26-14-18-30(28-36)32-20-16-22-34(32)2;;/h3-6,13-14,17-18,25-28,31-32H,7-12,15-16,19-24H2,1-2H3;2*1H/q+2;;/p-2/b5-3-,6-4-;;/t31-,32-;;/m0../s1. The predicted molar refractivity (Wildman–Crippen MR) is 148 cm³/mol. The molecule has 2 aliphatic heterocycles. The summed E-state index contributed by atoms with van der Waals surface area (Å²) in [5.74, 6) is 0. The van der Waals surface area contributed by atoms with Gasteiger partial charge >= 0.3 is 0 Å². The number of pyridine rings is 2. The molecular weight excluding hydrogens is 600 g/mol. The smallest absolute Gasteiger partial charge is 0.173 e. The van der Waals surface area contributed by atoms with Crippen molar-refractivity contribution in [3.8, 4) is 0 Å². The largest absolute Gasteiger partial charge is 1.00 e. The minimum Gasteiger partial charge on any atom is -1.00 e. The van der Waals surface area contributed by atoms with Crippen LogP contribution in [0.4, 0.5) is 0 Å². The molecular formula is C32H48Br2N4. The second kappa shape index (κ2) is 18.1. The van der Waals surface area contributed by atoms with E-state index in [0.717, 1.165) is 13.1 Å². The molecule has 0 spiro atoms. The highest BCUT2D eigenvalue weighted by Crippen LogP contribution is 2.30. The molecule has 0 amide bonds. The molecule has 0 saturated carbocycles. The van der Waals surface area contributed by atoms with E-state index in [1.54, 1.807) is 0 Å². The van der Waals surface area contributed by atoms with Gasteiger partial charge < -0.3 is 34.0 Å². The Balaban J connectivity index is 0.00000253. The number of aromatic nitrogens is 2. The van der Waals surface area contributed by atoms with Crippen LogP contribution in [-0.2, 0) is 13.1 Å². The average molecular weight is 649 g/mol. The van der Waals surface area contributed by atoms with E-state index in [1.165, 1.54) is 88.4 Å². The zero-order valence-electron chi connectivity index (χ0n) is 23.5. The summed E-state index contributed by atoms with van der Waals surface area (Å²) in [7, 11) is 4.51. The molecule has 4 heterocycles. The highest BCUT2D eigenvalue weighted by atomic mass is 79.9. The summed E-state index contributed by atoms with van der Waals surface area (Å²) in [6.07, 6.45) is 30.8. The Morgan fingerprint density at radius 1 is 0.711 bits per heavy atom. The zero-order valence-corrected chi connectivity index (χ0v) is 26.7. The summed E-state index contributed by atoms with van der Waals surface area (Å²) in [4.78, 5) is 4.98. The van der Waals surface area contributed by atoms with Gasteiger partial charge in [0.25, 0.3) is 0 Å². The SMILES string of the molecule is CN1CCC[C@H]1c1ccc[n+](CCCC/C=C\C=C/CCCC[n+]2cccc([C@@H]3CCCN3C)c2)c1.[Br-].[Br-]. The van der Waals surface area contributed by atoms with Gasteiger partial charge in [0.05, 0.1) is 0 Å². The Labute approximate surface area is 253 Å². The van der Waals surface area contributed by atoms with Crippen LogP contribution in [0.25, 0.3) is 0 Å². The lowest BCUT2D eigenvalue weighted by Crippen LogP contribution is -3.00. The Bertz CT molecular complexity index is 913. The quantitative estimate of drug-likeness (QED) is 0.172. The number of rotatable bonds is 13. The second-order valence-corrected chi connectivity index (χ2v) is 10.9. The normalized spacial score (nSPS) is 20.3. The molecule has 2 aromatic heterocycles. The van der Waals surface area contributed by atoms with Crippen molar-refractivity contribution in [2.24, 2.45) is 0 Å². The van der Waals surface area contributed by atoms with Crippen molar-refractivity contribution in [3.63, 3.8) is 0 Å². The molecule has 2 saturated heterocycles. The number of allylic oxidation sites excluding steroid dienone is 4. The third-order valence-corrected chi connectivity index (χ3v) is 8.03. The minimum absolute atomic E-state index is 0. The van der Waals surface area contributed by atoms with Crippen molar-refractivity contribution in [1.29, 1.82) is 0 Å². The lowest BCUT2D eigenvalue weighted by molar-refractivity contribution is -0.698. The third kappa shape index (κ3) is 10.3. The summed E-state index contributed by atoms with van der Waals surface area (Å²) in [5.41, 5.74) is 2.96. The van der Waals surface area contributed by atoms with Crippen LogP contribution in [0, 0.1) is 0 Å². The van der Waals surface area contributed by atoms with Crippen molar-refractivity contribution in [3.05, 3.63) is 84.5 Å².